The van der Waals surface area contributed by atoms with E-state index in [1.165, 1.54) is 13.2 Å². The van der Waals surface area contributed by atoms with E-state index in [-0.39, 0.29) is 48.0 Å². The van der Waals surface area contributed by atoms with Gasteiger partial charge in [-0.05, 0) is 29.8 Å². The number of hydrogen-bond acceptors (Lipinski definition) is 7. The van der Waals surface area contributed by atoms with Gasteiger partial charge >= 0.3 is 18.0 Å². The predicted molar refractivity (Wildman–Crippen MR) is 148 cm³/mol. The highest BCUT2D eigenvalue weighted by Crippen LogP contribution is 2.35. The number of imide groups is 1. The lowest BCUT2D eigenvalue weighted by Crippen LogP contribution is -2.55. The molecular weight excluding hydrogens is 552 g/mol. The van der Waals surface area contributed by atoms with E-state index in [9.17, 15) is 28.4 Å². The number of hydroxylamine groups is 3. The van der Waals surface area contributed by atoms with E-state index in [2.05, 4.69) is 15.6 Å². The molecule has 0 saturated carbocycles. The summed E-state index contributed by atoms with van der Waals surface area (Å²) in [7, 11) is 2.47. The maximum absolute atomic E-state index is 14.2. The van der Waals surface area contributed by atoms with Crippen LogP contribution in [0.25, 0.3) is 0 Å². The number of hydrogen-bond donors (Lipinski definition) is 3. The van der Waals surface area contributed by atoms with E-state index in [0.717, 1.165) is 42.7 Å². The second kappa shape index (κ2) is 14.3. The van der Waals surface area contributed by atoms with E-state index in [1.54, 1.807) is 6.20 Å². The number of likely N-dealkylation sites (tertiary alicyclic amines) is 1. The first-order valence-electron chi connectivity index (χ1n) is 13.3. The molecule has 11 nitrogen and oxygen atoms in total. The molecule has 0 spiro atoms. The molecule has 0 aliphatic carbocycles. The summed E-state index contributed by atoms with van der Waals surface area (Å²) in [6.07, 6.45) is 3.71. The summed E-state index contributed by atoms with van der Waals surface area (Å²) in [5, 5.41) is 16.1. The number of rotatable bonds is 9. The summed E-state index contributed by atoms with van der Waals surface area (Å²) in [5.74, 6) is -2.95. The SMILES string of the molecule is C.COCC1=C(C(=O)OC)C(c2ccc(F)c(F)c2)N(C(=O)NCCC[N+]2(O)CCC(c3ccccn3)CC2)C(=O)N1. The van der Waals surface area contributed by atoms with Crippen LogP contribution in [0.2, 0.25) is 0 Å². The summed E-state index contributed by atoms with van der Waals surface area (Å²) in [6, 6.07) is 5.48. The largest absolute Gasteiger partial charge is 0.466 e. The number of carbonyl (C=O) groups excluding carboxylic acids is 3. The van der Waals surface area contributed by atoms with Gasteiger partial charge in [0.05, 0.1) is 25.0 Å². The molecule has 3 N–H and O–H groups in total. The Morgan fingerprint density at radius 3 is 2.52 bits per heavy atom. The zero-order valence-electron chi connectivity index (χ0n) is 22.9. The Morgan fingerprint density at radius 1 is 1.17 bits per heavy atom. The number of quaternary nitrogens is 1. The smallest absolute Gasteiger partial charge is 0.338 e. The summed E-state index contributed by atoms with van der Waals surface area (Å²) in [5.41, 5.74) is 0.865. The van der Waals surface area contributed by atoms with Crippen LogP contribution >= 0.6 is 0 Å². The van der Waals surface area contributed by atoms with Crippen LogP contribution < -0.4 is 10.6 Å². The molecule has 1 aromatic heterocycles. The van der Waals surface area contributed by atoms with Crippen molar-refractivity contribution in [1.82, 2.24) is 20.5 Å². The monoisotopic (exact) mass is 590 g/mol. The molecule has 2 aromatic rings. The number of piperidine rings is 1. The quantitative estimate of drug-likeness (QED) is 0.229. The Morgan fingerprint density at radius 2 is 1.90 bits per heavy atom. The van der Waals surface area contributed by atoms with Crippen LogP contribution in [0.15, 0.2) is 53.9 Å². The van der Waals surface area contributed by atoms with Crippen LogP contribution in [0, 0.1) is 11.6 Å². The van der Waals surface area contributed by atoms with Crippen LogP contribution in [-0.2, 0) is 14.3 Å². The standard InChI is InChI=1S/C28H33F2N5O6.CH4/c1-40-17-23-24(26(36)41-2)25(19-7-8-20(29)21(30)16-19)34(28(38)33-23)27(37)32-12-5-13-35(39)14-9-18(10-15-35)22-6-3-4-11-31-22;/h3-4,6-8,11,16,18,25,39H,5,9-10,12-15,17H2,1-2H3,(H-,32,33,36,37,38);1H4/p+1. The molecule has 4 rings (SSSR count). The Hall–Kier alpha value is -3.94. The van der Waals surface area contributed by atoms with E-state index >= 15 is 0 Å². The molecule has 42 heavy (non-hydrogen) atoms. The van der Waals surface area contributed by atoms with Crippen molar-refractivity contribution in [3.05, 3.63) is 76.8 Å². The van der Waals surface area contributed by atoms with Gasteiger partial charge in [-0.2, -0.15) is 4.65 Å². The average Bonchev–Trinajstić information content (AvgIpc) is 2.97. The molecule has 1 aromatic carbocycles. The number of pyridine rings is 1. The lowest BCUT2D eigenvalue weighted by atomic mass is 9.92. The van der Waals surface area contributed by atoms with Crippen LogP contribution in [0.5, 0.6) is 0 Å². The Bertz CT molecular complexity index is 1300. The minimum atomic E-state index is -1.42. The number of esters is 1. The molecule has 3 heterocycles. The van der Waals surface area contributed by atoms with E-state index in [0.29, 0.717) is 26.1 Å². The number of amides is 4. The predicted octanol–water partition coefficient (Wildman–Crippen LogP) is 4.02. The first-order valence-corrected chi connectivity index (χ1v) is 13.3. The number of urea groups is 2. The van der Waals surface area contributed by atoms with E-state index in [1.807, 2.05) is 18.2 Å². The zero-order valence-corrected chi connectivity index (χ0v) is 22.9. The van der Waals surface area contributed by atoms with Gasteiger partial charge in [-0.25, -0.2) is 33.3 Å². The molecule has 1 atom stereocenters. The summed E-state index contributed by atoms with van der Waals surface area (Å²) in [6.45, 7) is 1.36. The van der Waals surface area contributed by atoms with Gasteiger partial charge in [0.15, 0.2) is 11.6 Å². The highest BCUT2D eigenvalue weighted by molar-refractivity contribution is 6.01. The fourth-order valence-corrected chi connectivity index (χ4v) is 5.32. The Kier molecular flexibility index (Phi) is 11.1. The van der Waals surface area contributed by atoms with Crippen LogP contribution in [0.3, 0.4) is 0 Å². The van der Waals surface area contributed by atoms with Gasteiger partial charge < -0.3 is 20.1 Å². The third kappa shape index (κ3) is 7.27. The molecule has 1 saturated heterocycles. The number of benzene rings is 1. The van der Waals surface area contributed by atoms with Crippen LogP contribution in [-0.4, -0.2) is 84.8 Å². The summed E-state index contributed by atoms with van der Waals surface area (Å²) < 4.78 is 37.8. The molecular formula is C29H38F2N5O6+. The van der Waals surface area contributed by atoms with Crippen molar-refractivity contribution >= 4 is 18.0 Å². The van der Waals surface area contributed by atoms with Crippen LogP contribution in [0.1, 0.15) is 49.9 Å². The number of ether oxygens (including phenoxy) is 2. The number of carbonyl (C=O) groups is 3. The number of nitrogens with zero attached hydrogens (tertiary/aromatic N) is 3. The number of nitrogens with one attached hydrogen (secondary N) is 2. The van der Waals surface area contributed by atoms with Gasteiger partial charge in [0.1, 0.15) is 25.7 Å². The van der Waals surface area contributed by atoms with Gasteiger partial charge in [-0.3, -0.25) is 4.98 Å². The summed E-state index contributed by atoms with van der Waals surface area (Å²) in [4.78, 5) is 44.3. The third-order valence-electron chi connectivity index (χ3n) is 7.43. The van der Waals surface area contributed by atoms with Crippen molar-refractivity contribution in [3.63, 3.8) is 0 Å². The van der Waals surface area contributed by atoms with Crippen molar-refractivity contribution < 1.29 is 42.5 Å². The lowest BCUT2D eigenvalue weighted by molar-refractivity contribution is -1.10. The number of methoxy groups -OCH3 is 2. The van der Waals surface area contributed by atoms with Gasteiger partial charge in [-0.1, -0.05) is 19.6 Å². The van der Waals surface area contributed by atoms with Gasteiger partial charge in [0, 0.05) is 50.7 Å². The second-order valence-corrected chi connectivity index (χ2v) is 10.1. The fraction of sp³-hybridized carbons (Fsp3) is 0.448. The molecule has 4 amide bonds. The average molecular weight is 591 g/mol. The maximum atomic E-state index is 14.2. The highest BCUT2D eigenvalue weighted by Gasteiger charge is 2.43. The Balaban J connectivity index is 0.00000484. The highest BCUT2D eigenvalue weighted by atomic mass is 19.2. The summed E-state index contributed by atoms with van der Waals surface area (Å²) >= 11 is 0. The molecule has 2 aliphatic rings. The van der Waals surface area contributed by atoms with Gasteiger partial charge in [0.2, 0.25) is 0 Å². The molecule has 0 bridgehead atoms. The molecule has 2 aliphatic heterocycles. The lowest BCUT2D eigenvalue weighted by Gasteiger charge is -2.37. The topological polar surface area (TPSA) is 130 Å². The van der Waals surface area contributed by atoms with Gasteiger partial charge in [-0.15, -0.1) is 0 Å². The Labute approximate surface area is 243 Å². The number of aromatic nitrogens is 1. The molecule has 1 unspecified atom stereocenters. The maximum Gasteiger partial charge on any atom is 0.338 e. The first-order chi connectivity index (χ1) is 19.7. The number of halogens is 2. The molecule has 228 valence electrons. The van der Waals surface area contributed by atoms with Crippen molar-refractivity contribution in [2.45, 2.75) is 38.6 Å². The van der Waals surface area contributed by atoms with Crippen molar-refractivity contribution in [3.8, 4) is 0 Å². The van der Waals surface area contributed by atoms with E-state index in [4.69, 9.17) is 9.47 Å². The first kappa shape index (κ1) is 32.6. The second-order valence-electron chi connectivity index (χ2n) is 10.1. The van der Waals surface area contributed by atoms with Crippen molar-refractivity contribution in [2.75, 3.05) is 47.0 Å². The third-order valence-corrected chi connectivity index (χ3v) is 7.43. The minimum absolute atomic E-state index is 0. The normalized spacial score (nSPS) is 22.2. The van der Waals surface area contributed by atoms with E-state index < -0.39 is 35.7 Å². The van der Waals surface area contributed by atoms with Crippen molar-refractivity contribution in [2.24, 2.45) is 0 Å². The molecule has 0 radical (unpaired) electrons. The fourth-order valence-electron chi connectivity index (χ4n) is 5.32. The van der Waals surface area contributed by atoms with Crippen LogP contribution in [0.4, 0.5) is 18.4 Å². The van der Waals surface area contributed by atoms with Crippen molar-refractivity contribution in [1.29, 1.82) is 0 Å². The zero-order chi connectivity index (χ0) is 29.6. The minimum Gasteiger partial charge on any atom is -0.466 e. The van der Waals surface area contributed by atoms with Gasteiger partial charge in [0.25, 0.3) is 0 Å². The molecule has 13 heteroatoms. The molecule has 1 fully saturated rings.